The molecule has 4 nitrogen and oxygen atoms in total. The van der Waals surface area contributed by atoms with Gasteiger partial charge in [0.05, 0.1) is 5.69 Å². The van der Waals surface area contributed by atoms with Gasteiger partial charge in [-0.3, -0.25) is 4.79 Å². The van der Waals surface area contributed by atoms with Crippen molar-refractivity contribution in [2.75, 3.05) is 6.54 Å². The fourth-order valence-electron chi connectivity index (χ4n) is 2.15. The monoisotopic (exact) mass is 257 g/mol. The summed E-state index contributed by atoms with van der Waals surface area (Å²) in [7, 11) is 0. The van der Waals surface area contributed by atoms with Gasteiger partial charge in [0, 0.05) is 23.4 Å². The number of H-pyrrole nitrogens is 1. The maximum Gasteiger partial charge on any atom is 0.251 e. The van der Waals surface area contributed by atoms with Crippen LogP contribution in [0.25, 0.3) is 11.3 Å². The molecule has 2 rings (SSSR count). The Morgan fingerprint density at radius 3 is 2.63 bits per heavy atom. The molecule has 0 fully saturated rings. The zero-order valence-electron chi connectivity index (χ0n) is 11.8. The number of aromatic amines is 1. The molecule has 0 bridgehead atoms. The molecule has 0 unspecified atom stereocenters. The fraction of sp³-hybridized carbons (Fsp3) is 0.333. The molecule has 0 spiro atoms. The predicted molar refractivity (Wildman–Crippen MR) is 76.2 cm³/mol. The van der Waals surface area contributed by atoms with E-state index in [1.54, 1.807) is 0 Å². The summed E-state index contributed by atoms with van der Waals surface area (Å²) in [5.41, 5.74) is 4.73. The predicted octanol–water partition coefficient (Wildman–Crippen LogP) is 2.75. The van der Waals surface area contributed by atoms with E-state index in [9.17, 15) is 4.79 Å². The number of rotatable bonds is 3. The average Bonchev–Trinajstić information content (AvgIpc) is 2.69. The number of amides is 1. The molecule has 0 aliphatic heterocycles. The molecule has 0 atom stereocenters. The highest BCUT2D eigenvalue weighted by Gasteiger charge is 2.12. The maximum atomic E-state index is 11.9. The molecule has 1 aromatic carbocycles. The van der Waals surface area contributed by atoms with Crippen molar-refractivity contribution >= 4 is 5.91 Å². The Kier molecular flexibility index (Phi) is 3.69. The van der Waals surface area contributed by atoms with Crippen LogP contribution in [-0.4, -0.2) is 22.4 Å². The zero-order chi connectivity index (χ0) is 14.0. The number of imidazole rings is 1. The van der Waals surface area contributed by atoms with E-state index < -0.39 is 0 Å². The van der Waals surface area contributed by atoms with Crippen molar-refractivity contribution in [2.24, 2.45) is 0 Å². The topological polar surface area (TPSA) is 57.8 Å². The van der Waals surface area contributed by atoms with Crippen LogP contribution in [-0.2, 0) is 0 Å². The number of carbonyl (C=O) groups is 1. The van der Waals surface area contributed by atoms with Gasteiger partial charge >= 0.3 is 0 Å². The van der Waals surface area contributed by atoms with Crippen LogP contribution < -0.4 is 5.32 Å². The third-order valence-electron chi connectivity index (χ3n) is 3.10. The van der Waals surface area contributed by atoms with Crippen molar-refractivity contribution < 1.29 is 4.79 Å². The summed E-state index contributed by atoms with van der Waals surface area (Å²) in [6.45, 7) is 8.49. The fourth-order valence-corrected chi connectivity index (χ4v) is 2.15. The van der Waals surface area contributed by atoms with Gasteiger partial charge in [0.1, 0.15) is 5.82 Å². The van der Waals surface area contributed by atoms with Gasteiger partial charge in [-0.25, -0.2) is 4.98 Å². The van der Waals surface area contributed by atoms with E-state index in [1.165, 1.54) is 0 Å². The van der Waals surface area contributed by atoms with E-state index in [-0.39, 0.29) is 5.91 Å². The summed E-state index contributed by atoms with van der Waals surface area (Å²) < 4.78 is 0. The number of carbonyl (C=O) groups excluding carboxylic acids is 1. The van der Waals surface area contributed by atoms with Gasteiger partial charge in [-0.1, -0.05) is 6.07 Å². The second-order valence-electron chi connectivity index (χ2n) is 4.68. The molecular weight excluding hydrogens is 238 g/mol. The molecule has 1 aromatic heterocycles. The van der Waals surface area contributed by atoms with Crippen molar-refractivity contribution in [1.29, 1.82) is 0 Å². The van der Waals surface area contributed by atoms with E-state index in [0.717, 1.165) is 28.3 Å². The van der Waals surface area contributed by atoms with Gasteiger partial charge in [0.25, 0.3) is 5.91 Å². The van der Waals surface area contributed by atoms with E-state index in [1.807, 2.05) is 45.9 Å². The molecule has 1 heterocycles. The van der Waals surface area contributed by atoms with Crippen molar-refractivity contribution in [2.45, 2.75) is 27.7 Å². The van der Waals surface area contributed by atoms with Crippen LogP contribution in [0.4, 0.5) is 0 Å². The molecule has 100 valence electrons. The summed E-state index contributed by atoms with van der Waals surface area (Å²) in [5.74, 6) is 0.837. The standard InChI is InChI=1S/C15H19N3O/c1-5-16-15(19)12-7-6-9(2)13(8-12)14-10(3)17-11(4)18-14/h6-8H,5H2,1-4H3,(H,16,19)(H,17,18). The summed E-state index contributed by atoms with van der Waals surface area (Å²) in [5, 5.41) is 2.81. The normalized spacial score (nSPS) is 10.5. The minimum atomic E-state index is -0.0475. The maximum absolute atomic E-state index is 11.9. The second kappa shape index (κ2) is 5.26. The molecular formula is C15H19N3O. The highest BCUT2D eigenvalue weighted by molar-refractivity contribution is 5.95. The summed E-state index contributed by atoms with van der Waals surface area (Å²) in [6.07, 6.45) is 0. The number of nitrogens with one attached hydrogen (secondary N) is 2. The molecule has 2 aromatic rings. The molecule has 2 N–H and O–H groups in total. The van der Waals surface area contributed by atoms with Crippen LogP contribution in [0.1, 0.15) is 34.4 Å². The Hall–Kier alpha value is -2.10. The first-order valence-electron chi connectivity index (χ1n) is 6.45. The SMILES string of the molecule is CCNC(=O)c1ccc(C)c(-c2nc(C)[nH]c2C)c1. The van der Waals surface area contributed by atoms with E-state index in [2.05, 4.69) is 15.3 Å². The minimum Gasteiger partial charge on any atom is -0.352 e. The molecule has 1 amide bonds. The van der Waals surface area contributed by atoms with Crippen LogP contribution in [0.15, 0.2) is 18.2 Å². The summed E-state index contributed by atoms with van der Waals surface area (Å²) in [4.78, 5) is 19.6. The number of benzene rings is 1. The van der Waals surface area contributed by atoms with Crippen molar-refractivity contribution in [3.05, 3.63) is 40.8 Å². The Labute approximate surface area is 113 Å². The molecule has 0 saturated carbocycles. The summed E-state index contributed by atoms with van der Waals surface area (Å²) in [6, 6.07) is 5.71. The molecule has 4 heteroatoms. The minimum absolute atomic E-state index is 0.0475. The molecule has 19 heavy (non-hydrogen) atoms. The van der Waals surface area contributed by atoms with Gasteiger partial charge < -0.3 is 10.3 Å². The lowest BCUT2D eigenvalue weighted by atomic mass is 10.0. The Morgan fingerprint density at radius 2 is 2.05 bits per heavy atom. The number of aryl methyl sites for hydroxylation is 3. The average molecular weight is 257 g/mol. The molecule has 0 aliphatic carbocycles. The van der Waals surface area contributed by atoms with Crippen molar-refractivity contribution in [1.82, 2.24) is 15.3 Å². The van der Waals surface area contributed by atoms with Crippen LogP contribution in [0.3, 0.4) is 0 Å². The second-order valence-corrected chi connectivity index (χ2v) is 4.68. The van der Waals surface area contributed by atoms with Crippen LogP contribution in [0.5, 0.6) is 0 Å². The highest BCUT2D eigenvalue weighted by Crippen LogP contribution is 2.25. The lowest BCUT2D eigenvalue weighted by Crippen LogP contribution is -2.22. The number of hydrogen-bond donors (Lipinski definition) is 2. The lowest BCUT2D eigenvalue weighted by Gasteiger charge is -2.08. The van der Waals surface area contributed by atoms with Gasteiger partial charge in [0.2, 0.25) is 0 Å². The smallest absolute Gasteiger partial charge is 0.251 e. The van der Waals surface area contributed by atoms with E-state index in [0.29, 0.717) is 12.1 Å². The first-order valence-corrected chi connectivity index (χ1v) is 6.45. The Balaban J connectivity index is 2.48. The third kappa shape index (κ3) is 2.67. The zero-order valence-corrected chi connectivity index (χ0v) is 11.8. The lowest BCUT2D eigenvalue weighted by molar-refractivity contribution is 0.0956. The molecule has 0 aliphatic rings. The van der Waals surface area contributed by atoms with Crippen LogP contribution >= 0.6 is 0 Å². The molecule has 0 radical (unpaired) electrons. The Morgan fingerprint density at radius 1 is 1.32 bits per heavy atom. The van der Waals surface area contributed by atoms with E-state index >= 15 is 0 Å². The van der Waals surface area contributed by atoms with Gasteiger partial charge in [0.15, 0.2) is 0 Å². The van der Waals surface area contributed by atoms with Gasteiger partial charge in [-0.05, 0) is 45.4 Å². The van der Waals surface area contributed by atoms with Crippen LogP contribution in [0, 0.1) is 20.8 Å². The van der Waals surface area contributed by atoms with Gasteiger partial charge in [-0.15, -0.1) is 0 Å². The van der Waals surface area contributed by atoms with Gasteiger partial charge in [-0.2, -0.15) is 0 Å². The molecule has 0 saturated heterocycles. The largest absolute Gasteiger partial charge is 0.352 e. The van der Waals surface area contributed by atoms with Crippen molar-refractivity contribution in [3.8, 4) is 11.3 Å². The van der Waals surface area contributed by atoms with Crippen LogP contribution in [0.2, 0.25) is 0 Å². The first-order chi connectivity index (χ1) is 9.02. The first kappa shape index (κ1) is 13.3. The third-order valence-corrected chi connectivity index (χ3v) is 3.10. The number of aromatic nitrogens is 2. The van der Waals surface area contributed by atoms with E-state index in [4.69, 9.17) is 0 Å². The number of hydrogen-bond acceptors (Lipinski definition) is 2. The number of nitrogens with zero attached hydrogens (tertiary/aromatic N) is 1. The quantitative estimate of drug-likeness (QED) is 0.888. The Bertz CT molecular complexity index is 614. The highest BCUT2D eigenvalue weighted by atomic mass is 16.1. The summed E-state index contributed by atoms with van der Waals surface area (Å²) >= 11 is 0. The van der Waals surface area contributed by atoms with Crippen molar-refractivity contribution in [3.63, 3.8) is 0 Å².